The molecular formula is C25H21N3O4. The summed E-state index contributed by atoms with van der Waals surface area (Å²) in [5.74, 6) is 0.0497. The van der Waals surface area contributed by atoms with Gasteiger partial charge in [0.25, 0.3) is 0 Å². The Morgan fingerprint density at radius 1 is 0.875 bits per heavy atom. The number of methoxy groups -OCH3 is 1. The van der Waals surface area contributed by atoms with E-state index in [0.717, 1.165) is 16.7 Å². The maximum atomic E-state index is 12.3. The molecule has 3 aromatic carbocycles. The van der Waals surface area contributed by atoms with Crippen LogP contribution in [0.5, 0.6) is 0 Å². The van der Waals surface area contributed by atoms with Gasteiger partial charge < -0.3 is 14.6 Å². The standard InChI is InChI=1S/C25H21N3O4/c1-31-25(30)20-9-5-6-10-21(20)26-22(29)15-16-23-27-24(28-32-23)19-13-11-18(12-14-19)17-7-3-2-4-8-17/h2-14H,15-16H2,1H3,(H,26,29). The lowest BCUT2D eigenvalue weighted by Gasteiger charge is -2.08. The van der Waals surface area contributed by atoms with Gasteiger partial charge in [-0.05, 0) is 23.3 Å². The molecule has 1 aromatic heterocycles. The number of benzene rings is 3. The number of hydrogen-bond acceptors (Lipinski definition) is 6. The van der Waals surface area contributed by atoms with Gasteiger partial charge in [-0.3, -0.25) is 4.79 Å². The molecule has 160 valence electrons. The largest absolute Gasteiger partial charge is 0.465 e. The van der Waals surface area contributed by atoms with E-state index in [4.69, 9.17) is 9.26 Å². The number of anilines is 1. The molecule has 4 rings (SSSR count). The molecule has 0 fully saturated rings. The number of aromatic nitrogens is 2. The average molecular weight is 427 g/mol. The number of para-hydroxylation sites is 1. The number of amides is 1. The minimum absolute atomic E-state index is 0.129. The van der Waals surface area contributed by atoms with Crippen molar-refractivity contribution in [1.29, 1.82) is 0 Å². The summed E-state index contributed by atoms with van der Waals surface area (Å²) in [6.45, 7) is 0. The molecule has 7 heteroatoms. The SMILES string of the molecule is COC(=O)c1ccccc1NC(=O)CCc1nc(-c2ccc(-c3ccccc3)cc2)no1. The molecule has 1 amide bonds. The summed E-state index contributed by atoms with van der Waals surface area (Å²) < 4.78 is 10.0. The van der Waals surface area contributed by atoms with Crippen LogP contribution in [-0.4, -0.2) is 29.1 Å². The van der Waals surface area contributed by atoms with E-state index in [1.807, 2.05) is 42.5 Å². The van der Waals surface area contributed by atoms with Gasteiger partial charge in [-0.2, -0.15) is 4.98 Å². The second-order valence-electron chi connectivity index (χ2n) is 7.04. The smallest absolute Gasteiger partial charge is 0.339 e. The lowest BCUT2D eigenvalue weighted by Crippen LogP contribution is -2.15. The molecule has 0 aliphatic carbocycles. The second kappa shape index (κ2) is 9.70. The van der Waals surface area contributed by atoms with Gasteiger partial charge in [0.2, 0.25) is 17.6 Å². The molecule has 0 spiro atoms. The Balaban J connectivity index is 1.37. The summed E-state index contributed by atoms with van der Waals surface area (Å²) >= 11 is 0. The number of hydrogen-bond donors (Lipinski definition) is 1. The number of aryl methyl sites for hydroxylation is 1. The van der Waals surface area contributed by atoms with Crippen LogP contribution in [0, 0.1) is 0 Å². The van der Waals surface area contributed by atoms with Crippen molar-refractivity contribution in [3.8, 4) is 22.5 Å². The summed E-state index contributed by atoms with van der Waals surface area (Å²) in [4.78, 5) is 28.6. The zero-order valence-electron chi connectivity index (χ0n) is 17.4. The van der Waals surface area contributed by atoms with Crippen molar-refractivity contribution in [1.82, 2.24) is 10.1 Å². The van der Waals surface area contributed by atoms with Crippen LogP contribution in [0.4, 0.5) is 5.69 Å². The number of ether oxygens (including phenoxy) is 1. The maximum Gasteiger partial charge on any atom is 0.339 e. The predicted octanol–water partition coefficient (Wildman–Crippen LogP) is 4.76. The quantitative estimate of drug-likeness (QED) is 0.427. The first kappa shape index (κ1) is 21.0. The predicted molar refractivity (Wildman–Crippen MR) is 120 cm³/mol. The number of nitrogens with zero attached hydrogens (tertiary/aromatic N) is 2. The van der Waals surface area contributed by atoms with Crippen molar-refractivity contribution < 1.29 is 18.8 Å². The summed E-state index contributed by atoms with van der Waals surface area (Å²) in [6.07, 6.45) is 0.408. The van der Waals surface area contributed by atoms with Crippen molar-refractivity contribution in [2.75, 3.05) is 12.4 Å². The van der Waals surface area contributed by atoms with Crippen molar-refractivity contribution in [3.63, 3.8) is 0 Å². The van der Waals surface area contributed by atoms with Crippen molar-refractivity contribution in [2.24, 2.45) is 0 Å². The minimum Gasteiger partial charge on any atom is -0.465 e. The number of rotatable bonds is 7. The highest BCUT2D eigenvalue weighted by Gasteiger charge is 2.15. The third-order valence-electron chi connectivity index (χ3n) is 4.89. The molecule has 0 bridgehead atoms. The molecule has 1 N–H and O–H groups in total. The highest BCUT2D eigenvalue weighted by atomic mass is 16.5. The Bertz CT molecular complexity index is 1220. The van der Waals surface area contributed by atoms with Gasteiger partial charge >= 0.3 is 5.97 Å². The van der Waals surface area contributed by atoms with Gasteiger partial charge in [0.05, 0.1) is 18.4 Å². The van der Waals surface area contributed by atoms with E-state index in [0.29, 0.717) is 23.0 Å². The minimum atomic E-state index is -0.513. The molecule has 1 heterocycles. The summed E-state index contributed by atoms with van der Waals surface area (Å²) in [7, 11) is 1.29. The molecule has 0 saturated carbocycles. The summed E-state index contributed by atoms with van der Waals surface area (Å²) in [5, 5.41) is 6.75. The van der Waals surface area contributed by atoms with Gasteiger partial charge in [-0.1, -0.05) is 71.9 Å². The summed E-state index contributed by atoms with van der Waals surface area (Å²) in [5.41, 5.74) is 3.75. The molecular weight excluding hydrogens is 406 g/mol. The van der Waals surface area contributed by atoms with E-state index in [1.165, 1.54) is 7.11 Å². The Morgan fingerprint density at radius 3 is 2.28 bits per heavy atom. The third kappa shape index (κ3) is 4.89. The van der Waals surface area contributed by atoms with E-state index >= 15 is 0 Å². The fourth-order valence-electron chi connectivity index (χ4n) is 3.23. The highest BCUT2D eigenvalue weighted by molar-refractivity contribution is 6.01. The van der Waals surface area contributed by atoms with Crippen LogP contribution in [0.1, 0.15) is 22.7 Å². The highest BCUT2D eigenvalue weighted by Crippen LogP contribution is 2.23. The lowest BCUT2D eigenvalue weighted by atomic mass is 10.0. The third-order valence-corrected chi connectivity index (χ3v) is 4.89. The van der Waals surface area contributed by atoms with E-state index in [9.17, 15) is 9.59 Å². The molecule has 7 nitrogen and oxygen atoms in total. The number of carbonyl (C=O) groups excluding carboxylic acids is 2. The monoisotopic (exact) mass is 427 g/mol. The molecule has 0 unspecified atom stereocenters. The van der Waals surface area contributed by atoms with Crippen LogP contribution in [-0.2, 0) is 16.0 Å². The fourth-order valence-corrected chi connectivity index (χ4v) is 3.23. The van der Waals surface area contributed by atoms with Crippen molar-refractivity contribution in [2.45, 2.75) is 12.8 Å². The number of carbonyl (C=O) groups is 2. The first-order valence-electron chi connectivity index (χ1n) is 10.1. The van der Waals surface area contributed by atoms with Crippen LogP contribution in [0.3, 0.4) is 0 Å². The zero-order chi connectivity index (χ0) is 22.3. The fraction of sp³-hybridized carbons (Fsp3) is 0.120. The molecule has 4 aromatic rings. The van der Waals surface area contributed by atoms with Gasteiger partial charge in [0, 0.05) is 18.4 Å². The van der Waals surface area contributed by atoms with E-state index in [1.54, 1.807) is 24.3 Å². The van der Waals surface area contributed by atoms with E-state index in [2.05, 4.69) is 27.6 Å². The number of esters is 1. The molecule has 0 radical (unpaired) electrons. The maximum absolute atomic E-state index is 12.3. The van der Waals surface area contributed by atoms with Gasteiger partial charge in [0.15, 0.2) is 0 Å². The second-order valence-corrected chi connectivity index (χ2v) is 7.04. The Labute approximate surface area is 185 Å². The molecule has 0 saturated heterocycles. The van der Waals surface area contributed by atoms with E-state index in [-0.39, 0.29) is 18.7 Å². The number of nitrogens with one attached hydrogen (secondary N) is 1. The topological polar surface area (TPSA) is 94.3 Å². The van der Waals surface area contributed by atoms with Crippen LogP contribution < -0.4 is 5.32 Å². The van der Waals surface area contributed by atoms with Crippen LogP contribution >= 0.6 is 0 Å². The Morgan fingerprint density at radius 2 is 1.53 bits per heavy atom. The average Bonchev–Trinajstić information content (AvgIpc) is 3.32. The van der Waals surface area contributed by atoms with Crippen molar-refractivity contribution >= 4 is 17.6 Å². The van der Waals surface area contributed by atoms with Gasteiger partial charge in [-0.25, -0.2) is 4.79 Å². The Hall–Kier alpha value is -4.26. The van der Waals surface area contributed by atoms with Gasteiger partial charge in [-0.15, -0.1) is 0 Å². The molecule has 0 aliphatic heterocycles. The van der Waals surface area contributed by atoms with Crippen LogP contribution in [0.15, 0.2) is 83.4 Å². The normalized spacial score (nSPS) is 10.5. The van der Waals surface area contributed by atoms with Crippen molar-refractivity contribution in [3.05, 3.63) is 90.3 Å². The van der Waals surface area contributed by atoms with Gasteiger partial charge in [0.1, 0.15) is 0 Å². The van der Waals surface area contributed by atoms with E-state index < -0.39 is 5.97 Å². The summed E-state index contributed by atoms with van der Waals surface area (Å²) in [6, 6.07) is 24.6. The lowest BCUT2D eigenvalue weighted by molar-refractivity contribution is -0.116. The van der Waals surface area contributed by atoms with Crippen LogP contribution in [0.25, 0.3) is 22.5 Å². The first-order chi connectivity index (χ1) is 15.6. The van der Waals surface area contributed by atoms with Crippen LogP contribution in [0.2, 0.25) is 0 Å². The first-order valence-corrected chi connectivity index (χ1v) is 10.1. The molecule has 0 atom stereocenters. The molecule has 0 aliphatic rings. The zero-order valence-corrected chi connectivity index (χ0v) is 17.4. The molecule has 32 heavy (non-hydrogen) atoms. The Kier molecular flexibility index (Phi) is 6.36.